The van der Waals surface area contributed by atoms with Crippen LogP contribution in [0.2, 0.25) is 0 Å². The summed E-state index contributed by atoms with van der Waals surface area (Å²) >= 11 is 2.90. The van der Waals surface area contributed by atoms with Crippen LogP contribution in [0, 0.1) is 11.6 Å². The van der Waals surface area contributed by atoms with E-state index in [0.29, 0.717) is 6.07 Å². The zero-order valence-corrected chi connectivity index (χ0v) is 11.3. The Hall–Kier alpha value is -1.70. The molecule has 0 radical (unpaired) electrons. The molecule has 1 amide bonds. The zero-order valence-electron chi connectivity index (χ0n) is 9.75. The molecule has 0 aromatic heterocycles. The Morgan fingerprint density at radius 3 is 2.58 bits per heavy atom. The Morgan fingerprint density at radius 1 is 1.47 bits per heavy atom. The van der Waals surface area contributed by atoms with Crippen LogP contribution < -0.4 is 10.1 Å². The molecule has 0 fully saturated rings. The first-order chi connectivity index (χ1) is 8.81. The van der Waals surface area contributed by atoms with Gasteiger partial charge in [-0.25, -0.2) is 13.6 Å². The van der Waals surface area contributed by atoms with Crippen LogP contribution in [-0.2, 0) is 9.59 Å². The lowest BCUT2D eigenvalue weighted by Crippen LogP contribution is -2.43. The number of carboxylic acids is 1. The van der Waals surface area contributed by atoms with Gasteiger partial charge in [-0.3, -0.25) is 4.79 Å². The van der Waals surface area contributed by atoms with Crippen LogP contribution in [0.1, 0.15) is 6.92 Å². The number of carbonyl (C=O) groups excluding carboxylic acids is 1. The molecule has 1 atom stereocenters. The lowest BCUT2D eigenvalue weighted by Gasteiger charge is -2.15. The SMILES string of the molecule is CC(=O)NC(COc1c(F)cc(F)cc1Br)C(=O)O. The van der Waals surface area contributed by atoms with Gasteiger partial charge >= 0.3 is 5.97 Å². The number of aliphatic carboxylic acids is 1. The average molecular weight is 338 g/mol. The van der Waals surface area contributed by atoms with Gasteiger partial charge in [0.1, 0.15) is 12.4 Å². The third-order valence-electron chi connectivity index (χ3n) is 2.03. The standard InChI is InChI=1S/C11H10BrF2NO4/c1-5(16)15-9(11(17)18)4-19-10-7(12)2-6(13)3-8(10)14/h2-3,9H,4H2,1H3,(H,15,16)(H,17,18). The largest absolute Gasteiger partial charge is 0.487 e. The first kappa shape index (κ1) is 15.4. The van der Waals surface area contributed by atoms with Gasteiger partial charge in [-0.15, -0.1) is 0 Å². The van der Waals surface area contributed by atoms with Crippen molar-refractivity contribution in [2.75, 3.05) is 6.61 Å². The topological polar surface area (TPSA) is 75.6 Å². The first-order valence-electron chi connectivity index (χ1n) is 5.08. The Kier molecular flexibility index (Phi) is 5.22. The normalized spacial score (nSPS) is 11.8. The summed E-state index contributed by atoms with van der Waals surface area (Å²) in [5, 5.41) is 10.9. The fourth-order valence-corrected chi connectivity index (χ4v) is 1.78. The summed E-state index contributed by atoms with van der Waals surface area (Å²) in [4.78, 5) is 21.6. The van der Waals surface area contributed by atoms with E-state index in [0.717, 1.165) is 13.0 Å². The summed E-state index contributed by atoms with van der Waals surface area (Å²) in [6.07, 6.45) is 0. The van der Waals surface area contributed by atoms with Gasteiger partial charge in [-0.1, -0.05) is 0 Å². The summed E-state index contributed by atoms with van der Waals surface area (Å²) in [6, 6.07) is 0.259. The van der Waals surface area contributed by atoms with Crippen LogP contribution in [0.25, 0.3) is 0 Å². The van der Waals surface area contributed by atoms with E-state index in [1.165, 1.54) is 0 Å². The molecule has 19 heavy (non-hydrogen) atoms. The minimum absolute atomic E-state index is 0.0111. The van der Waals surface area contributed by atoms with E-state index in [1.807, 2.05) is 0 Å². The maximum atomic E-state index is 13.4. The number of carbonyl (C=O) groups is 2. The number of rotatable bonds is 5. The highest BCUT2D eigenvalue weighted by atomic mass is 79.9. The molecular weight excluding hydrogens is 328 g/mol. The molecule has 0 saturated heterocycles. The fourth-order valence-electron chi connectivity index (χ4n) is 1.25. The van der Waals surface area contributed by atoms with Crippen molar-refractivity contribution in [3.63, 3.8) is 0 Å². The number of hydrogen-bond donors (Lipinski definition) is 2. The average Bonchev–Trinajstić information content (AvgIpc) is 2.25. The predicted molar refractivity (Wildman–Crippen MR) is 64.8 cm³/mol. The summed E-state index contributed by atoms with van der Waals surface area (Å²) in [6.45, 7) is 0.653. The Balaban J connectivity index is 2.80. The van der Waals surface area contributed by atoms with Crippen molar-refractivity contribution in [1.29, 1.82) is 0 Å². The minimum Gasteiger partial charge on any atom is -0.487 e. The second-order valence-electron chi connectivity index (χ2n) is 3.60. The predicted octanol–water partition coefficient (Wildman–Crippen LogP) is 1.70. The summed E-state index contributed by atoms with van der Waals surface area (Å²) in [7, 11) is 0. The van der Waals surface area contributed by atoms with Gasteiger partial charge in [-0.2, -0.15) is 0 Å². The second kappa shape index (κ2) is 6.46. The highest BCUT2D eigenvalue weighted by molar-refractivity contribution is 9.10. The number of amides is 1. The molecule has 0 aliphatic heterocycles. The van der Waals surface area contributed by atoms with Crippen LogP contribution >= 0.6 is 15.9 Å². The van der Waals surface area contributed by atoms with E-state index < -0.39 is 36.2 Å². The van der Waals surface area contributed by atoms with Gasteiger partial charge in [0, 0.05) is 13.0 Å². The number of benzene rings is 1. The van der Waals surface area contributed by atoms with Crippen molar-refractivity contribution in [3.05, 3.63) is 28.2 Å². The lowest BCUT2D eigenvalue weighted by molar-refractivity contribution is -0.142. The molecular formula is C11H10BrF2NO4. The van der Waals surface area contributed by atoms with Crippen molar-refractivity contribution in [2.24, 2.45) is 0 Å². The molecule has 1 aromatic carbocycles. The number of nitrogens with one attached hydrogen (secondary N) is 1. The second-order valence-corrected chi connectivity index (χ2v) is 4.46. The van der Waals surface area contributed by atoms with Crippen LogP contribution in [-0.4, -0.2) is 29.6 Å². The van der Waals surface area contributed by atoms with E-state index in [-0.39, 0.29) is 10.2 Å². The highest BCUT2D eigenvalue weighted by Crippen LogP contribution is 2.29. The molecule has 8 heteroatoms. The number of halogens is 3. The molecule has 1 aromatic rings. The Bertz CT molecular complexity index is 486. The van der Waals surface area contributed by atoms with Gasteiger partial charge in [0.05, 0.1) is 4.47 Å². The number of hydrogen-bond acceptors (Lipinski definition) is 3. The molecule has 2 N–H and O–H groups in total. The van der Waals surface area contributed by atoms with Crippen LogP contribution in [0.5, 0.6) is 5.75 Å². The number of ether oxygens (including phenoxy) is 1. The van der Waals surface area contributed by atoms with Crippen molar-refractivity contribution in [2.45, 2.75) is 13.0 Å². The number of carboxylic acid groups (broad SMARTS) is 1. The van der Waals surface area contributed by atoms with E-state index in [9.17, 15) is 18.4 Å². The monoisotopic (exact) mass is 337 g/mol. The molecule has 1 rings (SSSR count). The van der Waals surface area contributed by atoms with Crippen molar-refractivity contribution in [3.8, 4) is 5.75 Å². The molecule has 0 bridgehead atoms. The highest BCUT2D eigenvalue weighted by Gasteiger charge is 2.21. The molecule has 0 spiro atoms. The lowest BCUT2D eigenvalue weighted by atomic mass is 10.3. The zero-order chi connectivity index (χ0) is 14.6. The summed E-state index contributed by atoms with van der Waals surface area (Å²) in [5.74, 6) is -3.98. The molecule has 104 valence electrons. The minimum atomic E-state index is -1.33. The van der Waals surface area contributed by atoms with E-state index in [4.69, 9.17) is 9.84 Å². The van der Waals surface area contributed by atoms with Gasteiger partial charge in [0.25, 0.3) is 0 Å². The van der Waals surface area contributed by atoms with Crippen LogP contribution in [0.3, 0.4) is 0 Å². The maximum absolute atomic E-state index is 13.4. The smallest absolute Gasteiger partial charge is 0.329 e. The molecule has 0 heterocycles. The van der Waals surface area contributed by atoms with E-state index in [1.54, 1.807) is 0 Å². The summed E-state index contributed by atoms with van der Waals surface area (Å²) in [5.41, 5.74) is 0. The summed E-state index contributed by atoms with van der Waals surface area (Å²) < 4.78 is 31.2. The van der Waals surface area contributed by atoms with Gasteiger partial charge in [-0.05, 0) is 22.0 Å². The van der Waals surface area contributed by atoms with Gasteiger partial charge in [0.2, 0.25) is 5.91 Å². The van der Waals surface area contributed by atoms with Gasteiger partial charge in [0.15, 0.2) is 17.6 Å². The van der Waals surface area contributed by atoms with Crippen molar-refractivity contribution in [1.82, 2.24) is 5.32 Å². The van der Waals surface area contributed by atoms with Gasteiger partial charge < -0.3 is 15.2 Å². The van der Waals surface area contributed by atoms with Crippen molar-refractivity contribution >= 4 is 27.8 Å². The third kappa shape index (κ3) is 4.47. The quantitative estimate of drug-likeness (QED) is 0.857. The molecule has 0 aliphatic carbocycles. The Morgan fingerprint density at radius 2 is 2.11 bits per heavy atom. The fraction of sp³-hybridized carbons (Fsp3) is 0.273. The van der Waals surface area contributed by atoms with Crippen LogP contribution in [0.4, 0.5) is 8.78 Å². The Labute approximate surface area is 115 Å². The third-order valence-corrected chi connectivity index (χ3v) is 2.62. The first-order valence-corrected chi connectivity index (χ1v) is 5.87. The molecule has 5 nitrogen and oxygen atoms in total. The maximum Gasteiger partial charge on any atom is 0.329 e. The van der Waals surface area contributed by atoms with E-state index >= 15 is 0 Å². The van der Waals surface area contributed by atoms with E-state index in [2.05, 4.69) is 21.2 Å². The molecule has 0 aliphatic rings. The van der Waals surface area contributed by atoms with Crippen molar-refractivity contribution < 1.29 is 28.2 Å². The molecule has 1 unspecified atom stereocenters. The van der Waals surface area contributed by atoms with Crippen LogP contribution in [0.15, 0.2) is 16.6 Å². The molecule has 0 saturated carbocycles.